The molecule has 1 aliphatic carbocycles. The van der Waals surface area contributed by atoms with Gasteiger partial charge in [0.15, 0.2) is 0 Å². The van der Waals surface area contributed by atoms with Crippen LogP contribution in [0, 0.1) is 0 Å². The van der Waals surface area contributed by atoms with Crippen LogP contribution in [0.4, 0.5) is 0 Å². The second-order valence-corrected chi connectivity index (χ2v) is 4.66. The van der Waals surface area contributed by atoms with Gasteiger partial charge in [-0.25, -0.2) is 0 Å². The van der Waals surface area contributed by atoms with Crippen molar-refractivity contribution in [2.45, 2.75) is 31.9 Å². The molecule has 19 heavy (non-hydrogen) atoms. The molecule has 1 aromatic carbocycles. The van der Waals surface area contributed by atoms with E-state index < -0.39 is 5.91 Å². The maximum Gasteiger partial charge on any atom is 0.251 e. The molecule has 5 nitrogen and oxygen atoms in total. The highest BCUT2D eigenvalue weighted by atomic mass is 16.5. The second kappa shape index (κ2) is 5.84. The Hall–Kier alpha value is -1.88. The minimum Gasteiger partial charge on any atom is -0.378 e. The number of benzene rings is 1. The number of rotatable bonds is 5. The van der Waals surface area contributed by atoms with Crippen LogP contribution in [-0.4, -0.2) is 30.6 Å². The fraction of sp³-hybridized carbons (Fsp3) is 0.429. The van der Waals surface area contributed by atoms with E-state index in [0.29, 0.717) is 17.7 Å². The maximum absolute atomic E-state index is 12.0. The fourth-order valence-electron chi connectivity index (χ4n) is 2.14. The Bertz CT molecular complexity index is 481. The lowest BCUT2D eigenvalue weighted by Gasteiger charge is -2.35. The number of nitrogens with two attached hydrogens (primary N) is 1. The summed E-state index contributed by atoms with van der Waals surface area (Å²) in [6, 6.07) is 6.57. The van der Waals surface area contributed by atoms with Gasteiger partial charge in [-0.1, -0.05) is 6.07 Å². The summed E-state index contributed by atoms with van der Waals surface area (Å²) in [7, 11) is 0. The fourth-order valence-corrected chi connectivity index (χ4v) is 2.14. The van der Waals surface area contributed by atoms with Crippen molar-refractivity contribution in [1.82, 2.24) is 5.32 Å². The highest BCUT2D eigenvalue weighted by Gasteiger charge is 2.30. The van der Waals surface area contributed by atoms with E-state index in [9.17, 15) is 9.59 Å². The number of amides is 2. The third-order valence-electron chi connectivity index (χ3n) is 3.24. The minimum atomic E-state index is -0.533. The van der Waals surface area contributed by atoms with E-state index in [0.717, 1.165) is 12.8 Å². The Labute approximate surface area is 112 Å². The van der Waals surface area contributed by atoms with Gasteiger partial charge in [-0.15, -0.1) is 0 Å². The summed E-state index contributed by atoms with van der Waals surface area (Å²) in [5.74, 6) is -0.710. The van der Waals surface area contributed by atoms with E-state index in [1.54, 1.807) is 18.2 Å². The number of hydrogen-bond donors (Lipinski definition) is 2. The van der Waals surface area contributed by atoms with Crippen molar-refractivity contribution >= 4 is 11.8 Å². The molecule has 0 aliphatic heterocycles. The summed E-state index contributed by atoms with van der Waals surface area (Å²) in [6.45, 7) is 2.66. The van der Waals surface area contributed by atoms with Crippen molar-refractivity contribution in [2.75, 3.05) is 6.61 Å². The number of nitrogens with one attached hydrogen (secondary N) is 1. The average molecular weight is 262 g/mol. The van der Waals surface area contributed by atoms with Crippen LogP contribution in [0.2, 0.25) is 0 Å². The average Bonchev–Trinajstić information content (AvgIpc) is 2.36. The van der Waals surface area contributed by atoms with Crippen LogP contribution in [0.15, 0.2) is 24.3 Å². The van der Waals surface area contributed by atoms with Gasteiger partial charge >= 0.3 is 0 Å². The van der Waals surface area contributed by atoms with Crippen LogP contribution in [0.3, 0.4) is 0 Å². The number of carbonyl (C=O) groups is 2. The van der Waals surface area contributed by atoms with Gasteiger partial charge in [0.25, 0.3) is 5.91 Å². The topological polar surface area (TPSA) is 81.4 Å². The van der Waals surface area contributed by atoms with Crippen molar-refractivity contribution in [1.29, 1.82) is 0 Å². The monoisotopic (exact) mass is 262 g/mol. The quantitative estimate of drug-likeness (QED) is 0.833. The van der Waals surface area contributed by atoms with Crippen LogP contribution in [0.25, 0.3) is 0 Å². The standard InChI is InChI=1S/C14H18N2O3/c1-2-19-12-7-11(8-12)16-14(18)10-5-3-4-9(6-10)13(15)17/h3-6,11-12H,2,7-8H2,1H3,(H2,15,17)(H,16,18). The zero-order valence-electron chi connectivity index (χ0n) is 10.9. The van der Waals surface area contributed by atoms with E-state index in [-0.39, 0.29) is 18.1 Å². The first-order chi connectivity index (χ1) is 9.10. The van der Waals surface area contributed by atoms with E-state index in [2.05, 4.69) is 5.32 Å². The van der Waals surface area contributed by atoms with Gasteiger partial charge in [0.05, 0.1) is 6.10 Å². The lowest BCUT2D eigenvalue weighted by molar-refractivity contribution is -0.00862. The first-order valence-corrected chi connectivity index (χ1v) is 6.42. The zero-order valence-corrected chi connectivity index (χ0v) is 10.9. The van der Waals surface area contributed by atoms with Gasteiger partial charge in [-0.05, 0) is 38.0 Å². The number of hydrogen-bond acceptors (Lipinski definition) is 3. The molecule has 0 heterocycles. The third kappa shape index (κ3) is 3.32. The van der Waals surface area contributed by atoms with Gasteiger partial charge in [0.1, 0.15) is 0 Å². The summed E-state index contributed by atoms with van der Waals surface area (Å²) in [4.78, 5) is 23.0. The molecule has 102 valence electrons. The first-order valence-electron chi connectivity index (χ1n) is 6.42. The lowest BCUT2D eigenvalue weighted by atomic mass is 9.89. The smallest absolute Gasteiger partial charge is 0.251 e. The molecule has 0 radical (unpaired) electrons. The van der Waals surface area contributed by atoms with Crippen molar-refractivity contribution in [3.05, 3.63) is 35.4 Å². The summed E-state index contributed by atoms with van der Waals surface area (Å²) < 4.78 is 5.43. The zero-order chi connectivity index (χ0) is 13.8. The van der Waals surface area contributed by atoms with E-state index in [4.69, 9.17) is 10.5 Å². The van der Waals surface area contributed by atoms with E-state index in [1.165, 1.54) is 6.07 Å². The molecule has 1 aromatic rings. The highest BCUT2D eigenvalue weighted by Crippen LogP contribution is 2.23. The predicted octanol–water partition coefficient (Wildman–Crippen LogP) is 1.08. The SMILES string of the molecule is CCOC1CC(NC(=O)c2cccc(C(N)=O)c2)C1. The molecule has 2 amide bonds. The van der Waals surface area contributed by atoms with Crippen molar-refractivity contribution < 1.29 is 14.3 Å². The first kappa shape index (κ1) is 13.5. The van der Waals surface area contributed by atoms with Crippen LogP contribution < -0.4 is 11.1 Å². The van der Waals surface area contributed by atoms with Crippen molar-refractivity contribution in [3.63, 3.8) is 0 Å². The normalized spacial score (nSPS) is 21.5. The molecule has 0 bridgehead atoms. The van der Waals surface area contributed by atoms with Crippen LogP contribution in [0.5, 0.6) is 0 Å². The maximum atomic E-state index is 12.0. The van der Waals surface area contributed by atoms with Gasteiger partial charge in [0.2, 0.25) is 5.91 Å². The molecule has 0 spiro atoms. The van der Waals surface area contributed by atoms with Gasteiger partial charge in [0, 0.05) is 23.8 Å². The van der Waals surface area contributed by atoms with Crippen LogP contribution in [0.1, 0.15) is 40.5 Å². The summed E-state index contributed by atoms with van der Waals surface area (Å²) >= 11 is 0. The molecular weight excluding hydrogens is 244 g/mol. The Morgan fingerprint density at radius 1 is 1.37 bits per heavy atom. The Kier molecular flexibility index (Phi) is 4.16. The molecule has 5 heteroatoms. The summed E-state index contributed by atoms with van der Waals surface area (Å²) in [5, 5.41) is 2.92. The van der Waals surface area contributed by atoms with Crippen LogP contribution in [-0.2, 0) is 4.74 Å². The molecule has 1 fully saturated rings. The van der Waals surface area contributed by atoms with Gasteiger partial charge in [-0.2, -0.15) is 0 Å². The third-order valence-corrected chi connectivity index (χ3v) is 3.24. The molecule has 1 saturated carbocycles. The Morgan fingerprint density at radius 2 is 2.05 bits per heavy atom. The van der Waals surface area contributed by atoms with Crippen molar-refractivity contribution in [2.24, 2.45) is 5.73 Å². The molecule has 0 aromatic heterocycles. The molecule has 3 N–H and O–H groups in total. The van der Waals surface area contributed by atoms with Crippen molar-refractivity contribution in [3.8, 4) is 0 Å². The Morgan fingerprint density at radius 3 is 2.68 bits per heavy atom. The number of ether oxygens (including phenoxy) is 1. The lowest BCUT2D eigenvalue weighted by Crippen LogP contribution is -2.47. The number of primary amides is 1. The van der Waals surface area contributed by atoms with E-state index >= 15 is 0 Å². The second-order valence-electron chi connectivity index (χ2n) is 4.66. The summed E-state index contributed by atoms with van der Waals surface area (Å²) in [5.41, 5.74) is 5.98. The molecule has 0 saturated heterocycles. The predicted molar refractivity (Wildman–Crippen MR) is 70.9 cm³/mol. The highest BCUT2D eigenvalue weighted by molar-refractivity contribution is 5.99. The number of carbonyl (C=O) groups excluding carboxylic acids is 2. The minimum absolute atomic E-state index is 0.154. The molecule has 1 aliphatic rings. The molecular formula is C14H18N2O3. The van der Waals surface area contributed by atoms with Gasteiger partial charge < -0.3 is 15.8 Å². The molecule has 2 rings (SSSR count). The largest absolute Gasteiger partial charge is 0.378 e. The van der Waals surface area contributed by atoms with E-state index in [1.807, 2.05) is 6.92 Å². The Balaban J connectivity index is 1.90. The summed E-state index contributed by atoms with van der Waals surface area (Å²) in [6.07, 6.45) is 1.94. The molecule has 0 atom stereocenters. The van der Waals surface area contributed by atoms with Gasteiger partial charge in [-0.3, -0.25) is 9.59 Å². The van der Waals surface area contributed by atoms with Crippen LogP contribution >= 0.6 is 0 Å². The molecule has 0 unspecified atom stereocenters.